The van der Waals surface area contributed by atoms with Gasteiger partial charge in [-0.3, -0.25) is 18.7 Å². The van der Waals surface area contributed by atoms with E-state index in [-0.39, 0.29) is 24.1 Å². The van der Waals surface area contributed by atoms with Gasteiger partial charge in [0.1, 0.15) is 6.04 Å². The van der Waals surface area contributed by atoms with Gasteiger partial charge in [0.25, 0.3) is 5.56 Å². The molecule has 0 saturated carbocycles. The van der Waals surface area contributed by atoms with Crippen LogP contribution in [0.1, 0.15) is 40.2 Å². The van der Waals surface area contributed by atoms with Crippen LogP contribution in [0.4, 0.5) is 0 Å². The molecule has 0 saturated heterocycles. The number of rotatable bonds is 5. The van der Waals surface area contributed by atoms with Crippen molar-refractivity contribution in [3.63, 3.8) is 0 Å². The third-order valence-corrected chi connectivity index (χ3v) is 4.45. The zero-order valence-electron chi connectivity index (χ0n) is 14.3. The quantitative estimate of drug-likeness (QED) is 0.898. The summed E-state index contributed by atoms with van der Waals surface area (Å²) in [5.41, 5.74) is -0.516. The molecule has 0 radical (unpaired) electrons. The number of hydrogen-bond acceptors (Lipinski definition) is 3. The molecular weight excluding hydrogens is 330 g/mol. The van der Waals surface area contributed by atoms with Gasteiger partial charge in [-0.1, -0.05) is 18.5 Å². The fourth-order valence-electron chi connectivity index (χ4n) is 2.59. The number of carbonyl (C=O) groups is 1. The van der Waals surface area contributed by atoms with Gasteiger partial charge in [-0.15, -0.1) is 0 Å². The van der Waals surface area contributed by atoms with Crippen LogP contribution in [0.5, 0.6) is 0 Å². The number of nitrogens with zero attached hydrogens (tertiary/aromatic N) is 2. The predicted octanol–water partition coefficient (Wildman–Crippen LogP) is 2.31. The van der Waals surface area contributed by atoms with Crippen molar-refractivity contribution in [2.75, 3.05) is 0 Å². The Morgan fingerprint density at radius 1 is 1.25 bits per heavy atom. The molecule has 6 nitrogen and oxygen atoms in total. The zero-order valence-corrected chi connectivity index (χ0v) is 15.1. The predicted molar refractivity (Wildman–Crippen MR) is 95.8 cm³/mol. The summed E-state index contributed by atoms with van der Waals surface area (Å²) in [6, 6.07) is 3.98. The first kappa shape index (κ1) is 18.3. The minimum Gasteiger partial charge on any atom is -0.352 e. The first-order chi connectivity index (χ1) is 11.3. The molecule has 0 aliphatic rings. The van der Waals surface area contributed by atoms with E-state index in [0.29, 0.717) is 15.9 Å². The fourth-order valence-corrected chi connectivity index (χ4v) is 2.75. The van der Waals surface area contributed by atoms with Crippen molar-refractivity contribution in [3.05, 3.63) is 44.1 Å². The lowest BCUT2D eigenvalue weighted by molar-refractivity contribution is -0.124. The van der Waals surface area contributed by atoms with Crippen molar-refractivity contribution in [1.29, 1.82) is 0 Å². The van der Waals surface area contributed by atoms with E-state index in [9.17, 15) is 14.4 Å². The Morgan fingerprint density at radius 2 is 1.92 bits per heavy atom. The van der Waals surface area contributed by atoms with Gasteiger partial charge >= 0.3 is 5.69 Å². The van der Waals surface area contributed by atoms with Crippen LogP contribution in [0.3, 0.4) is 0 Å². The van der Waals surface area contributed by atoms with Gasteiger partial charge < -0.3 is 5.32 Å². The second-order valence-electron chi connectivity index (χ2n) is 5.86. The molecule has 1 aromatic carbocycles. The maximum atomic E-state index is 12.8. The summed E-state index contributed by atoms with van der Waals surface area (Å²) in [6.07, 6.45) is 0.786. The molecule has 1 aromatic heterocycles. The molecule has 1 N–H and O–H groups in total. The van der Waals surface area contributed by atoms with Crippen molar-refractivity contribution in [3.8, 4) is 0 Å². The Kier molecular flexibility index (Phi) is 5.49. The molecule has 0 aliphatic heterocycles. The summed E-state index contributed by atoms with van der Waals surface area (Å²) in [4.78, 5) is 37.7. The Balaban J connectivity index is 2.72. The van der Waals surface area contributed by atoms with Crippen LogP contribution in [-0.2, 0) is 11.3 Å². The Morgan fingerprint density at radius 3 is 2.50 bits per heavy atom. The maximum absolute atomic E-state index is 12.8. The van der Waals surface area contributed by atoms with Crippen LogP contribution in [-0.4, -0.2) is 21.1 Å². The van der Waals surface area contributed by atoms with Gasteiger partial charge in [-0.05, 0) is 45.4 Å². The summed E-state index contributed by atoms with van der Waals surface area (Å²) in [5, 5.41) is 3.63. The second-order valence-corrected chi connectivity index (χ2v) is 6.29. The summed E-state index contributed by atoms with van der Waals surface area (Å²) in [7, 11) is 0. The van der Waals surface area contributed by atoms with Crippen molar-refractivity contribution >= 4 is 28.4 Å². The highest BCUT2D eigenvalue weighted by molar-refractivity contribution is 6.31. The van der Waals surface area contributed by atoms with Crippen LogP contribution in [0.25, 0.3) is 10.9 Å². The molecule has 7 heteroatoms. The topological polar surface area (TPSA) is 73.1 Å². The smallest absolute Gasteiger partial charge is 0.332 e. The molecule has 0 bridgehead atoms. The van der Waals surface area contributed by atoms with E-state index < -0.39 is 11.7 Å². The van der Waals surface area contributed by atoms with Gasteiger partial charge in [0.05, 0.1) is 10.9 Å². The molecular formula is C17H22ClN3O3. The van der Waals surface area contributed by atoms with E-state index in [1.165, 1.54) is 4.57 Å². The molecule has 24 heavy (non-hydrogen) atoms. The molecule has 130 valence electrons. The average molecular weight is 352 g/mol. The molecule has 2 unspecified atom stereocenters. The van der Waals surface area contributed by atoms with Crippen LogP contribution in [0.15, 0.2) is 27.8 Å². The number of fused-ring (bicyclic) bond motifs is 1. The maximum Gasteiger partial charge on any atom is 0.332 e. The Labute approximate surface area is 145 Å². The molecule has 1 amide bonds. The Hall–Kier alpha value is -2.08. The molecule has 2 rings (SSSR count). The molecule has 0 aliphatic carbocycles. The molecule has 2 aromatic rings. The van der Waals surface area contributed by atoms with Crippen molar-refractivity contribution in [2.24, 2.45) is 0 Å². The van der Waals surface area contributed by atoms with Crippen LogP contribution in [0.2, 0.25) is 5.02 Å². The third kappa shape index (κ3) is 3.24. The first-order valence-corrected chi connectivity index (χ1v) is 8.44. The average Bonchev–Trinajstić information content (AvgIpc) is 2.54. The summed E-state index contributed by atoms with van der Waals surface area (Å²) >= 11 is 6.04. The highest BCUT2D eigenvalue weighted by Crippen LogP contribution is 2.18. The van der Waals surface area contributed by atoms with Crippen LogP contribution >= 0.6 is 11.6 Å². The van der Waals surface area contributed by atoms with Crippen molar-refractivity contribution in [1.82, 2.24) is 14.5 Å². The number of carbonyl (C=O) groups excluding carboxylic acids is 1. The molecule has 2 atom stereocenters. The third-order valence-electron chi connectivity index (χ3n) is 4.22. The van der Waals surface area contributed by atoms with E-state index in [4.69, 9.17) is 11.6 Å². The lowest BCUT2D eigenvalue weighted by atomic mass is 10.2. The summed E-state index contributed by atoms with van der Waals surface area (Å²) < 4.78 is 2.47. The summed E-state index contributed by atoms with van der Waals surface area (Å²) in [6.45, 7) is 7.46. The van der Waals surface area contributed by atoms with Gasteiger partial charge in [-0.25, -0.2) is 4.79 Å². The number of amides is 1. The van der Waals surface area contributed by atoms with E-state index in [1.54, 1.807) is 32.0 Å². The monoisotopic (exact) mass is 351 g/mol. The van der Waals surface area contributed by atoms with E-state index in [2.05, 4.69) is 5.32 Å². The SMILES string of the molecule is CCC(C)NC(=O)C(C)n1c(=O)n(CC)c(=O)c2ccc(Cl)cc21. The molecule has 0 spiro atoms. The summed E-state index contributed by atoms with van der Waals surface area (Å²) in [5.74, 6) is -0.269. The van der Waals surface area contributed by atoms with Crippen molar-refractivity contribution in [2.45, 2.75) is 52.7 Å². The van der Waals surface area contributed by atoms with E-state index in [0.717, 1.165) is 11.0 Å². The minimum atomic E-state index is -0.758. The van der Waals surface area contributed by atoms with Crippen LogP contribution in [0, 0.1) is 0 Å². The van der Waals surface area contributed by atoms with Gasteiger partial charge in [-0.2, -0.15) is 0 Å². The highest BCUT2D eigenvalue weighted by atomic mass is 35.5. The second kappa shape index (κ2) is 7.21. The van der Waals surface area contributed by atoms with Gasteiger partial charge in [0.15, 0.2) is 0 Å². The zero-order chi connectivity index (χ0) is 18.0. The molecule has 1 heterocycles. The highest BCUT2D eigenvalue weighted by Gasteiger charge is 2.22. The fraction of sp³-hybridized carbons (Fsp3) is 0.471. The van der Waals surface area contributed by atoms with Crippen LogP contribution < -0.4 is 16.6 Å². The first-order valence-electron chi connectivity index (χ1n) is 8.06. The van der Waals surface area contributed by atoms with Crippen molar-refractivity contribution < 1.29 is 4.79 Å². The number of halogens is 1. The molecule has 0 fully saturated rings. The number of hydrogen-bond donors (Lipinski definition) is 1. The normalized spacial score (nSPS) is 13.7. The largest absolute Gasteiger partial charge is 0.352 e. The number of benzene rings is 1. The lowest BCUT2D eigenvalue weighted by Gasteiger charge is -2.21. The van der Waals surface area contributed by atoms with E-state index >= 15 is 0 Å². The van der Waals surface area contributed by atoms with Gasteiger partial charge in [0, 0.05) is 17.6 Å². The standard InChI is InChI=1S/C17H22ClN3O3/c1-5-10(3)19-15(22)11(4)21-14-9-12(18)7-8-13(14)16(23)20(6-2)17(21)24/h7-11H,5-6H2,1-4H3,(H,19,22). The lowest BCUT2D eigenvalue weighted by Crippen LogP contribution is -2.45. The minimum absolute atomic E-state index is 0.00239. The van der Waals surface area contributed by atoms with E-state index in [1.807, 2.05) is 13.8 Å². The van der Waals surface area contributed by atoms with Gasteiger partial charge in [0.2, 0.25) is 5.91 Å². The number of nitrogens with one attached hydrogen (secondary N) is 1. The Bertz CT molecular complexity index is 885. The number of aromatic nitrogens is 2.